The number of hydrogen-bond acceptors (Lipinski definition) is 4. The van der Waals surface area contributed by atoms with Crippen molar-refractivity contribution in [3.63, 3.8) is 0 Å². The van der Waals surface area contributed by atoms with Crippen LogP contribution in [-0.4, -0.2) is 16.6 Å². The molecule has 1 aliphatic rings. The molecular weight excluding hydrogens is 330 g/mol. The van der Waals surface area contributed by atoms with E-state index in [-0.39, 0.29) is 5.91 Å². The number of anilines is 1. The molecule has 0 saturated carbocycles. The van der Waals surface area contributed by atoms with Crippen molar-refractivity contribution in [1.82, 2.24) is 4.98 Å². The Hall–Kier alpha value is -2.32. The first-order valence-electron chi connectivity index (χ1n) is 8.58. The summed E-state index contributed by atoms with van der Waals surface area (Å²) < 4.78 is 0. The van der Waals surface area contributed by atoms with Crippen molar-refractivity contribution in [2.45, 2.75) is 44.1 Å². The number of nitrogens with zero attached hydrogens (tertiary/aromatic N) is 2. The van der Waals surface area contributed by atoms with Crippen molar-refractivity contribution < 1.29 is 4.79 Å². The number of rotatable bonds is 5. The Labute approximate surface area is 152 Å². The van der Waals surface area contributed by atoms with E-state index in [4.69, 9.17) is 0 Å². The standard InChI is InChI=1S/C20H21N3OS/c1-14-6-2-4-8-17(14)22-19(24)10-11-25-20-16(13-21)12-15-7-3-5-9-18(15)23-20/h2,4,6,8,12H,3,5,7,9-11H2,1H3,(H,22,24). The fourth-order valence-electron chi connectivity index (χ4n) is 2.97. The average Bonchev–Trinajstić information content (AvgIpc) is 2.63. The minimum Gasteiger partial charge on any atom is -0.326 e. The smallest absolute Gasteiger partial charge is 0.225 e. The van der Waals surface area contributed by atoms with Gasteiger partial charge in [0.05, 0.1) is 5.56 Å². The molecule has 0 spiro atoms. The van der Waals surface area contributed by atoms with Gasteiger partial charge in [-0.25, -0.2) is 4.98 Å². The second kappa shape index (κ2) is 8.17. The van der Waals surface area contributed by atoms with E-state index in [2.05, 4.69) is 16.4 Å². The molecule has 128 valence electrons. The third-order valence-electron chi connectivity index (χ3n) is 4.37. The number of para-hydroxylation sites is 1. The molecule has 0 saturated heterocycles. The van der Waals surface area contributed by atoms with Gasteiger partial charge in [0, 0.05) is 23.6 Å². The summed E-state index contributed by atoms with van der Waals surface area (Å²) in [6, 6.07) is 12.0. The molecule has 5 heteroatoms. The molecule has 25 heavy (non-hydrogen) atoms. The Balaban J connectivity index is 1.59. The van der Waals surface area contributed by atoms with Gasteiger partial charge in [0.2, 0.25) is 5.91 Å². The number of amides is 1. The van der Waals surface area contributed by atoms with Gasteiger partial charge in [-0.3, -0.25) is 4.79 Å². The lowest BCUT2D eigenvalue weighted by molar-refractivity contribution is -0.115. The number of thioether (sulfide) groups is 1. The lowest BCUT2D eigenvalue weighted by atomic mass is 9.95. The number of carbonyl (C=O) groups is 1. The number of benzene rings is 1. The van der Waals surface area contributed by atoms with Crippen molar-refractivity contribution >= 4 is 23.4 Å². The number of nitrogens with one attached hydrogen (secondary N) is 1. The second-order valence-corrected chi connectivity index (χ2v) is 7.31. The summed E-state index contributed by atoms with van der Waals surface area (Å²) in [5, 5.41) is 13.1. The summed E-state index contributed by atoms with van der Waals surface area (Å²) in [7, 11) is 0. The summed E-state index contributed by atoms with van der Waals surface area (Å²) in [5.41, 5.74) is 4.86. The maximum atomic E-state index is 12.1. The summed E-state index contributed by atoms with van der Waals surface area (Å²) in [6.45, 7) is 1.97. The van der Waals surface area contributed by atoms with E-state index in [0.717, 1.165) is 41.2 Å². The number of aromatic nitrogens is 1. The van der Waals surface area contributed by atoms with E-state index < -0.39 is 0 Å². The number of pyridine rings is 1. The average molecular weight is 351 g/mol. The predicted octanol–water partition coefficient (Wildman–Crippen LogP) is 4.26. The van der Waals surface area contributed by atoms with E-state index in [1.165, 1.54) is 23.7 Å². The van der Waals surface area contributed by atoms with Gasteiger partial charge in [0.25, 0.3) is 0 Å². The van der Waals surface area contributed by atoms with Crippen LogP contribution in [0.5, 0.6) is 0 Å². The Bertz CT molecular complexity index is 826. The van der Waals surface area contributed by atoms with Gasteiger partial charge in [-0.15, -0.1) is 11.8 Å². The first-order chi connectivity index (χ1) is 12.2. The van der Waals surface area contributed by atoms with Crippen LogP contribution in [0.3, 0.4) is 0 Å². The summed E-state index contributed by atoms with van der Waals surface area (Å²) in [6.07, 6.45) is 4.73. The lowest BCUT2D eigenvalue weighted by Gasteiger charge is -2.16. The highest BCUT2D eigenvalue weighted by Crippen LogP contribution is 2.27. The van der Waals surface area contributed by atoms with Gasteiger partial charge >= 0.3 is 0 Å². The third kappa shape index (κ3) is 4.40. The topological polar surface area (TPSA) is 65.8 Å². The van der Waals surface area contributed by atoms with Crippen LogP contribution in [0, 0.1) is 18.3 Å². The van der Waals surface area contributed by atoms with Crippen molar-refractivity contribution in [2.75, 3.05) is 11.1 Å². The molecule has 1 aromatic heterocycles. The van der Waals surface area contributed by atoms with Gasteiger partial charge in [0.1, 0.15) is 11.1 Å². The maximum Gasteiger partial charge on any atom is 0.225 e. The van der Waals surface area contributed by atoms with Gasteiger partial charge in [-0.2, -0.15) is 5.26 Å². The second-order valence-electron chi connectivity index (χ2n) is 6.23. The van der Waals surface area contributed by atoms with Crippen LogP contribution in [0.4, 0.5) is 5.69 Å². The predicted molar refractivity (Wildman–Crippen MR) is 101 cm³/mol. The number of hydrogen-bond donors (Lipinski definition) is 1. The van der Waals surface area contributed by atoms with E-state index >= 15 is 0 Å². The van der Waals surface area contributed by atoms with Crippen LogP contribution >= 0.6 is 11.8 Å². The molecule has 0 unspecified atom stereocenters. The van der Waals surface area contributed by atoms with Crippen LogP contribution < -0.4 is 5.32 Å². The molecule has 0 fully saturated rings. The molecule has 1 N–H and O–H groups in total. The number of fused-ring (bicyclic) bond motifs is 1. The first kappa shape index (κ1) is 17.5. The fraction of sp³-hybridized carbons (Fsp3) is 0.350. The Morgan fingerprint density at radius 1 is 1.32 bits per heavy atom. The van der Waals surface area contributed by atoms with Gasteiger partial charge in [-0.05, 0) is 55.9 Å². The van der Waals surface area contributed by atoms with E-state index in [0.29, 0.717) is 17.7 Å². The molecule has 0 radical (unpaired) electrons. The molecule has 0 bridgehead atoms. The quantitative estimate of drug-likeness (QED) is 0.817. The monoisotopic (exact) mass is 351 g/mol. The maximum absolute atomic E-state index is 12.1. The zero-order valence-electron chi connectivity index (χ0n) is 14.3. The van der Waals surface area contributed by atoms with Crippen LogP contribution in [0.1, 0.15) is 41.6 Å². The molecule has 2 aromatic rings. The molecular formula is C20H21N3OS. The molecule has 0 aliphatic heterocycles. The Morgan fingerprint density at radius 3 is 2.92 bits per heavy atom. The zero-order valence-corrected chi connectivity index (χ0v) is 15.2. The fourth-order valence-corrected chi connectivity index (χ4v) is 3.89. The van der Waals surface area contributed by atoms with Crippen molar-refractivity contribution in [1.29, 1.82) is 5.26 Å². The summed E-state index contributed by atoms with van der Waals surface area (Å²) in [4.78, 5) is 16.8. The minimum absolute atomic E-state index is 0.0155. The van der Waals surface area contributed by atoms with Crippen molar-refractivity contribution in [2.24, 2.45) is 0 Å². The minimum atomic E-state index is -0.0155. The Morgan fingerprint density at radius 2 is 2.12 bits per heavy atom. The summed E-state index contributed by atoms with van der Waals surface area (Å²) in [5.74, 6) is 0.594. The normalized spacial score (nSPS) is 13.0. The molecule has 1 aliphatic carbocycles. The highest BCUT2D eigenvalue weighted by Gasteiger charge is 2.15. The molecule has 1 heterocycles. The molecule has 1 amide bonds. The highest BCUT2D eigenvalue weighted by atomic mass is 32.2. The van der Waals surface area contributed by atoms with Crippen LogP contribution in [0.25, 0.3) is 0 Å². The molecule has 3 rings (SSSR count). The zero-order chi connectivity index (χ0) is 17.6. The van der Waals surface area contributed by atoms with E-state index in [9.17, 15) is 10.1 Å². The van der Waals surface area contributed by atoms with Crippen molar-refractivity contribution in [3.05, 3.63) is 52.7 Å². The van der Waals surface area contributed by atoms with Gasteiger partial charge < -0.3 is 5.32 Å². The number of aryl methyl sites for hydroxylation is 3. The first-order valence-corrected chi connectivity index (χ1v) is 9.57. The lowest BCUT2D eigenvalue weighted by Crippen LogP contribution is -2.13. The van der Waals surface area contributed by atoms with Gasteiger partial charge in [-0.1, -0.05) is 18.2 Å². The third-order valence-corrected chi connectivity index (χ3v) is 5.37. The van der Waals surface area contributed by atoms with Crippen LogP contribution in [-0.2, 0) is 17.6 Å². The highest BCUT2D eigenvalue weighted by molar-refractivity contribution is 7.99. The van der Waals surface area contributed by atoms with Crippen LogP contribution in [0.2, 0.25) is 0 Å². The number of carbonyl (C=O) groups excluding carboxylic acids is 1. The van der Waals surface area contributed by atoms with E-state index in [1.54, 1.807) is 0 Å². The summed E-state index contributed by atoms with van der Waals surface area (Å²) >= 11 is 1.49. The SMILES string of the molecule is Cc1ccccc1NC(=O)CCSc1nc2c(cc1C#N)CCCC2. The molecule has 1 aromatic carbocycles. The Kier molecular flexibility index (Phi) is 5.72. The largest absolute Gasteiger partial charge is 0.326 e. The molecule has 4 nitrogen and oxygen atoms in total. The van der Waals surface area contributed by atoms with Crippen molar-refractivity contribution in [3.8, 4) is 6.07 Å². The van der Waals surface area contributed by atoms with Gasteiger partial charge in [0.15, 0.2) is 0 Å². The number of nitriles is 1. The van der Waals surface area contributed by atoms with Crippen LogP contribution in [0.15, 0.2) is 35.4 Å². The molecule has 0 atom stereocenters. The van der Waals surface area contributed by atoms with E-state index in [1.807, 2.05) is 37.3 Å².